The Bertz CT molecular complexity index is 364. The second-order valence-electron chi connectivity index (χ2n) is 5.37. The van der Waals surface area contributed by atoms with E-state index in [1.165, 1.54) is 35.7 Å². The molecule has 3 nitrogen and oxygen atoms in total. The highest BCUT2D eigenvalue weighted by Gasteiger charge is 2.22. The molecule has 2 heterocycles. The van der Waals surface area contributed by atoms with Crippen molar-refractivity contribution in [3.05, 3.63) is 21.9 Å². The van der Waals surface area contributed by atoms with Crippen LogP contribution in [-0.4, -0.2) is 50.1 Å². The van der Waals surface area contributed by atoms with Crippen molar-refractivity contribution in [3.8, 4) is 0 Å². The number of likely N-dealkylation sites (N-methyl/N-ethyl adjacent to an activating group) is 2. The van der Waals surface area contributed by atoms with E-state index in [1.54, 1.807) is 0 Å². The number of thiophene rings is 1. The Hall–Kier alpha value is -0.420. The zero-order valence-electron chi connectivity index (χ0n) is 11.8. The van der Waals surface area contributed by atoms with Gasteiger partial charge in [0.25, 0.3) is 0 Å². The zero-order chi connectivity index (χ0) is 13.0. The highest BCUT2D eigenvalue weighted by atomic mass is 32.1. The van der Waals surface area contributed by atoms with Crippen molar-refractivity contribution in [2.45, 2.75) is 32.0 Å². The van der Waals surface area contributed by atoms with Gasteiger partial charge in [-0.05, 0) is 52.7 Å². The van der Waals surface area contributed by atoms with Gasteiger partial charge in [-0.15, -0.1) is 11.3 Å². The maximum Gasteiger partial charge on any atom is 0.0325 e. The quantitative estimate of drug-likeness (QED) is 0.850. The van der Waals surface area contributed by atoms with Crippen LogP contribution in [0, 0.1) is 0 Å². The third kappa shape index (κ3) is 3.79. The first-order valence-electron chi connectivity index (χ1n) is 6.80. The van der Waals surface area contributed by atoms with Crippen molar-refractivity contribution in [2.24, 2.45) is 0 Å². The first-order valence-corrected chi connectivity index (χ1v) is 7.61. The van der Waals surface area contributed by atoms with Crippen LogP contribution in [0.15, 0.2) is 12.1 Å². The van der Waals surface area contributed by atoms with Crippen LogP contribution in [0.3, 0.4) is 0 Å². The topological polar surface area (TPSA) is 18.5 Å². The van der Waals surface area contributed by atoms with Crippen LogP contribution in [0.5, 0.6) is 0 Å². The molecule has 0 spiro atoms. The lowest BCUT2D eigenvalue weighted by atomic mass is 10.2. The fraction of sp³-hybridized carbons (Fsp3) is 0.714. The van der Waals surface area contributed by atoms with Gasteiger partial charge in [0.1, 0.15) is 0 Å². The normalized spacial score (nSPS) is 21.0. The summed E-state index contributed by atoms with van der Waals surface area (Å²) in [6, 6.07) is 5.27. The van der Waals surface area contributed by atoms with Gasteiger partial charge in [0.05, 0.1) is 0 Å². The lowest BCUT2D eigenvalue weighted by Gasteiger charge is -2.25. The molecule has 1 aromatic rings. The predicted octanol–water partition coefficient (Wildman–Crippen LogP) is 1.99. The smallest absolute Gasteiger partial charge is 0.0325 e. The fourth-order valence-corrected chi connectivity index (χ4v) is 3.79. The lowest BCUT2D eigenvalue weighted by molar-refractivity contribution is 0.216. The summed E-state index contributed by atoms with van der Waals surface area (Å²) in [7, 11) is 6.49. The van der Waals surface area contributed by atoms with Crippen LogP contribution < -0.4 is 5.32 Å². The Kier molecular flexibility index (Phi) is 5.18. The lowest BCUT2D eigenvalue weighted by Crippen LogP contribution is -2.36. The number of likely N-dealkylation sites (tertiary alicyclic amines) is 1. The third-order valence-electron chi connectivity index (χ3n) is 3.69. The van der Waals surface area contributed by atoms with E-state index in [0.717, 1.165) is 19.1 Å². The van der Waals surface area contributed by atoms with Crippen LogP contribution in [0.1, 0.15) is 22.6 Å². The molecule has 1 aromatic heterocycles. The number of hydrogen-bond donors (Lipinski definition) is 1. The summed E-state index contributed by atoms with van der Waals surface area (Å²) in [4.78, 5) is 7.86. The summed E-state index contributed by atoms with van der Waals surface area (Å²) >= 11 is 1.93. The molecule has 2 rings (SSSR count). The van der Waals surface area contributed by atoms with Crippen molar-refractivity contribution < 1.29 is 0 Å². The molecule has 1 saturated heterocycles. The molecule has 0 amide bonds. The van der Waals surface area contributed by atoms with Gasteiger partial charge >= 0.3 is 0 Å². The summed E-state index contributed by atoms with van der Waals surface area (Å²) in [5.41, 5.74) is 0. The van der Waals surface area contributed by atoms with E-state index in [1.807, 2.05) is 18.4 Å². The number of nitrogens with one attached hydrogen (secondary N) is 1. The van der Waals surface area contributed by atoms with Crippen molar-refractivity contribution in [3.63, 3.8) is 0 Å². The maximum absolute atomic E-state index is 3.21. The summed E-state index contributed by atoms with van der Waals surface area (Å²) in [5, 5.41) is 3.21. The summed E-state index contributed by atoms with van der Waals surface area (Å²) in [6.07, 6.45) is 2.72. The molecule has 0 saturated carbocycles. The van der Waals surface area contributed by atoms with Crippen molar-refractivity contribution in [1.82, 2.24) is 15.1 Å². The molecule has 4 heteroatoms. The van der Waals surface area contributed by atoms with Crippen LogP contribution in [0.25, 0.3) is 0 Å². The van der Waals surface area contributed by atoms with Gasteiger partial charge in [0, 0.05) is 35.4 Å². The van der Waals surface area contributed by atoms with E-state index >= 15 is 0 Å². The Morgan fingerprint density at radius 1 is 1.44 bits per heavy atom. The minimum atomic E-state index is 0.756. The SMILES string of the molecule is CNCc1ccc(CN(C)CC2CCCN2C)s1. The summed E-state index contributed by atoms with van der Waals surface area (Å²) in [5.74, 6) is 0. The second kappa shape index (κ2) is 6.66. The van der Waals surface area contributed by atoms with E-state index in [-0.39, 0.29) is 0 Å². The van der Waals surface area contributed by atoms with Crippen LogP contribution in [-0.2, 0) is 13.1 Å². The molecule has 18 heavy (non-hydrogen) atoms. The molecule has 1 aliphatic rings. The molecule has 1 fully saturated rings. The Morgan fingerprint density at radius 2 is 2.22 bits per heavy atom. The first kappa shape index (κ1) is 14.0. The van der Waals surface area contributed by atoms with Crippen molar-refractivity contribution in [1.29, 1.82) is 0 Å². The minimum Gasteiger partial charge on any atom is -0.315 e. The van der Waals surface area contributed by atoms with Crippen LogP contribution in [0.4, 0.5) is 0 Å². The first-order chi connectivity index (χ1) is 8.69. The van der Waals surface area contributed by atoms with E-state index in [9.17, 15) is 0 Å². The molecule has 0 aromatic carbocycles. The van der Waals surface area contributed by atoms with E-state index in [0.29, 0.717) is 0 Å². The largest absolute Gasteiger partial charge is 0.315 e. The standard InChI is InChI=1S/C14H25N3S/c1-15-9-13-6-7-14(18-13)11-16(2)10-12-5-4-8-17(12)3/h6-7,12,15H,4-5,8-11H2,1-3H3. The van der Waals surface area contributed by atoms with Crippen molar-refractivity contribution >= 4 is 11.3 Å². The van der Waals surface area contributed by atoms with Gasteiger partial charge in [-0.1, -0.05) is 0 Å². The predicted molar refractivity (Wildman–Crippen MR) is 79.1 cm³/mol. The van der Waals surface area contributed by atoms with Gasteiger partial charge < -0.3 is 10.2 Å². The van der Waals surface area contributed by atoms with Crippen LogP contribution in [0.2, 0.25) is 0 Å². The van der Waals surface area contributed by atoms with Gasteiger partial charge in [0.2, 0.25) is 0 Å². The van der Waals surface area contributed by atoms with Gasteiger partial charge in [-0.2, -0.15) is 0 Å². The Balaban J connectivity index is 1.80. The number of hydrogen-bond acceptors (Lipinski definition) is 4. The van der Waals surface area contributed by atoms with E-state index in [4.69, 9.17) is 0 Å². The molecule has 0 aliphatic carbocycles. The molecule has 1 atom stereocenters. The molecule has 0 radical (unpaired) electrons. The molecule has 1 aliphatic heterocycles. The number of rotatable bonds is 6. The minimum absolute atomic E-state index is 0.756. The zero-order valence-corrected chi connectivity index (χ0v) is 12.6. The average molecular weight is 267 g/mol. The molecule has 1 unspecified atom stereocenters. The fourth-order valence-electron chi connectivity index (χ4n) is 2.68. The van der Waals surface area contributed by atoms with E-state index < -0.39 is 0 Å². The molecular formula is C14H25N3S. The van der Waals surface area contributed by atoms with E-state index in [2.05, 4.69) is 41.3 Å². The Labute approximate surface area is 115 Å². The Morgan fingerprint density at radius 3 is 2.89 bits per heavy atom. The maximum atomic E-state index is 3.21. The third-order valence-corrected chi connectivity index (χ3v) is 4.76. The average Bonchev–Trinajstić information content (AvgIpc) is 2.90. The van der Waals surface area contributed by atoms with Gasteiger partial charge in [-0.25, -0.2) is 0 Å². The highest BCUT2D eigenvalue weighted by Crippen LogP contribution is 2.20. The second-order valence-corrected chi connectivity index (χ2v) is 6.62. The summed E-state index contributed by atoms with van der Waals surface area (Å²) < 4.78 is 0. The van der Waals surface area contributed by atoms with Gasteiger partial charge in [-0.3, -0.25) is 4.90 Å². The van der Waals surface area contributed by atoms with Crippen LogP contribution >= 0.6 is 11.3 Å². The summed E-state index contributed by atoms with van der Waals surface area (Å²) in [6.45, 7) is 4.53. The monoisotopic (exact) mass is 267 g/mol. The highest BCUT2D eigenvalue weighted by molar-refractivity contribution is 7.11. The molecule has 0 bridgehead atoms. The molecule has 102 valence electrons. The number of nitrogens with zero attached hydrogens (tertiary/aromatic N) is 2. The molecular weight excluding hydrogens is 242 g/mol. The van der Waals surface area contributed by atoms with Gasteiger partial charge in [0.15, 0.2) is 0 Å². The molecule has 1 N–H and O–H groups in total. The van der Waals surface area contributed by atoms with Crippen molar-refractivity contribution in [2.75, 3.05) is 34.2 Å².